The Hall–Kier alpha value is -1.11. The van der Waals surface area contributed by atoms with Crippen molar-refractivity contribution in [2.45, 2.75) is 17.6 Å². The van der Waals surface area contributed by atoms with E-state index in [1.54, 1.807) is 12.1 Å². The average Bonchev–Trinajstić information content (AvgIpc) is 2.51. The lowest BCUT2D eigenvalue weighted by molar-refractivity contribution is -0.117. The van der Waals surface area contributed by atoms with Gasteiger partial charge in [0.25, 0.3) is 0 Å². The van der Waals surface area contributed by atoms with E-state index < -0.39 is 0 Å². The van der Waals surface area contributed by atoms with Gasteiger partial charge >= 0.3 is 0 Å². The van der Waals surface area contributed by atoms with E-state index in [0.29, 0.717) is 18.8 Å². The number of carbonyl (C=O) groups is 1. The Morgan fingerprint density at radius 3 is 2.52 bits per heavy atom. The number of piperidine rings is 1. The van der Waals surface area contributed by atoms with E-state index >= 15 is 0 Å². The average molecular weight is 311 g/mol. The lowest BCUT2D eigenvalue weighted by Crippen LogP contribution is -2.48. The van der Waals surface area contributed by atoms with Crippen LogP contribution in [0.3, 0.4) is 0 Å². The summed E-state index contributed by atoms with van der Waals surface area (Å²) in [4.78, 5) is 14.1. The molecule has 1 aliphatic rings. The van der Waals surface area contributed by atoms with Gasteiger partial charge in [0, 0.05) is 30.1 Å². The summed E-state index contributed by atoms with van der Waals surface area (Å²) in [5.41, 5.74) is 6.48. The molecule has 1 aromatic carbocycles. The van der Waals surface area contributed by atoms with Gasteiger partial charge in [-0.15, -0.1) is 0 Å². The van der Waals surface area contributed by atoms with Crippen LogP contribution in [-0.2, 0) is 4.79 Å². The summed E-state index contributed by atoms with van der Waals surface area (Å²) in [6.45, 7) is 2.82. The Kier molecular flexibility index (Phi) is 5.61. The van der Waals surface area contributed by atoms with Crippen molar-refractivity contribution in [3.05, 3.63) is 30.1 Å². The van der Waals surface area contributed by atoms with Crippen molar-refractivity contribution in [1.82, 2.24) is 4.90 Å². The molecule has 1 fully saturated rings. The maximum absolute atomic E-state index is 12.8. The zero-order valence-electron chi connectivity index (χ0n) is 12.3. The first-order chi connectivity index (χ1) is 10.1. The molecule has 2 rings (SSSR count). The minimum atomic E-state index is -0.306. The third-order valence-electron chi connectivity index (χ3n) is 4.07. The molecule has 3 N–H and O–H groups in total. The number of thioether (sulfide) groups is 1. The van der Waals surface area contributed by atoms with Crippen molar-refractivity contribution in [2.75, 3.05) is 37.8 Å². The number of amides is 1. The van der Waals surface area contributed by atoms with Gasteiger partial charge in [0.2, 0.25) is 5.91 Å². The Morgan fingerprint density at radius 1 is 1.38 bits per heavy atom. The molecule has 0 aromatic heterocycles. The summed E-state index contributed by atoms with van der Waals surface area (Å²) in [6, 6.07) is 5.81. The number of carbonyl (C=O) groups excluding carboxylic acids is 1. The highest BCUT2D eigenvalue weighted by molar-refractivity contribution is 8.00. The predicted octanol–water partition coefficient (Wildman–Crippen LogP) is 1.92. The zero-order chi connectivity index (χ0) is 15.3. The SMILES string of the molecule is CSC1(CN)CCN(CC(=O)Nc2ccc(F)cc2)CC1. The zero-order valence-corrected chi connectivity index (χ0v) is 13.1. The van der Waals surface area contributed by atoms with E-state index in [2.05, 4.69) is 16.5 Å². The van der Waals surface area contributed by atoms with Gasteiger partial charge in [-0.3, -0.25) is 9.69 Å². The van der Waals surface area contributed by atoms with Crippen LogP contribution in [0.5, 0.6) is 0 Å². The maximum Gasteiger partial charge on any atom is 0.238 e. The van der Waals surface area contributed by atoms with Gasteiger partial charge in [-0.2, -0.15) is 11.8 Å². The number of nitrogens with one attached hydrogen (secondary N) is 1. The van der Waals surface area contributed by atoms with Crippen molar-refractivity contribution in [3.8, 4) is 0 Å². The maximum atomic E-state index is 12.8. The smallest absolute Gasteiger partial charge is 0.238 e. The molecule has 0 atom stereocenters. The van der Waals surface area contributed by atoms with E-state index in [1.165, 1.54) is 12.1 Å². The monoisotopic (exact) mass is 311 g/mol. The number of anilines is 1. The van der Waals surface area contributed by atoms with E-state index in [9.17, 15) is 9.18 Å². The van der Waals surface area contributed by atoms with Gasteiger partial charge in [-0.1, -0.05) is 0 Å². The van der Waals surface area contributed by atoms with Crippen LogP contribution in [0.4, 0.5) is 10.1 Å². The van der Waals surface area contributed by atoms with Crippen LogP contribution < -0.4 is 11.1 Å². The first-order valence-electron chi connectivity index (χ1n) is 7.10. The highest BCUT2D eigenvalue weighted by atomic mass is 32.2. The quantitative estimate of drug-likeness (QED) is 0.872. The molecule has 0 aliphatic carbocycles. The van der Waals surface area contributed by atoms with Gasteiger partial charge in [-0.25, -0.2) is 4.39 Å². The Bertz CT molecular complexity index is 466. The second kappa shape index (κ2) is 7.24. The minimum Gasteiger partial charge on any atom is -0.329 e. The highest BCUT2D eigenvalue weighted by Crippen LogP contribution is 2.33. The van der Waals surface area contributed by atoms with Gasteiger partial charge in [0.05, 0.1) is 6.54 Å². The number of nitrogens with two attached hydrogens (primary N) is 1. The van der Waals surface area contributed by atoms with Gasteiger partial charge in [-0.05, 0) is 43.4 Å². The molecule has 4 nitrogen and oxygen atoms in total. The molecule has 21 heavy (non-hydrogen) atoms. The number of rotatable bonds is 5. The lowest BCUT2D eigenvalue weighted by atomic mass is 9.96. The van der Waals surface area contributed by atoms with Crippen molar-refractivity contribution >= 4 is 23.4 Å². The fourth-order valence-corrected chi connectivity index (χ4v) is 3.30. The van der Waals surface area contributed by atoms with Crippen LogP contribution in [0.1, 0.15) is 12.8 Å². The van der Waals surface area contributed by atoms with Crippen molar-refractivity contribution in [2.24, 2.45) is 5.73 Å². The van der Waals surface area contributed by atoms with Gasteiger partial charge in [0.1, 0.15) is 5.82 Å². The van der Waals surface area contributed by atoms with Crippen LogP contribution in [0.2, 0.25) is 0 Å². The van der Waals surface area contributed by atoms with Gasteiger partial charge < -0.3 is 11.1 Å². The summed E-state index contributed by atoms with van der Waals surface area (Å²) < 4.78 is 13.0. The van der Waals surface area contributed by atoms with Crippen LogP contribution in [0, 0.1) is 5.82 Å². The molecule has 1 amide bonds. The largest absolute Gasteiger partial charge is 0.329 e. The van der Waals surface area contributed by atoms with Gasteiger partial charge in [0.15, 0.2) is 0 Å². The number of halogens is 1. The molecule has 6 heteroatoms. The summed E-state index contributed by atoms with van der Waals surface area (Å²) >= 11 is 1.83. The number of hydrogen-bond donors (Lipinski definition) is 2. The number of benzene rings is 1. The summed E-state index contributed by atoms with van der Waals surface area (Å²) in [7, 11) is 0. The van der Waals surface area contributed by atoms with E-state index in [1.807, 2.05) is 11.8 Å². The molecule has 1 heterocycles. The Balaban J connectivity index is 1.80. The summed E-state index contributed by atoms with van der Waals surface area (Å²) in [5.74, 6) is -0.370. The first-order valence-corrected chi connectivity index (χ1v) is 8.32. The van der Waals surface area contributed by atoms with Crippen LogP contribution in [0.25, 0.3) is 0 Å². The lowest BCUT2D eigenvalue weighted by Gasteiger charge is -2.39. The third-order valence-corrected chi connectivity index (χ3v) is 5.51. The molecule has 0 unspecified atom stereocenters. The third kappa shape index (κ3) is 4.43. The van der Waals surface area contributed by atoms with E-state index in [-0.39, 0.29) is 16.5 Å². The normalized spacial score (nSPS) is 18.4. The molecule has 0 spiro atoms. The van der Waals surface area contributed by atoms with Crippen LogP contribution in [-0.4, -0.2) is 48.0 Å². The molecular weight excluding hydrogens is 289 g/mol. The number of hydrogen-bond acceptors (Lipinski definition) is 4. The van der Waals surface area contributed by atoms with Crippen molar-refractivity contribution in [3.63, 3.8) is 0 Å². The molecule has 1 saturated heterocycles. The fraction of sp³-hybridized carbons (Fsp3) is 0.533. The molecule has 116 valence electrons. The molecule has 0 bridgehead atoms. The van der Waals surface area contributed by atoms with E-state index in [0.717, 1.165) is 25.9 Å². The summed E-state index contributed by atoms with van der Waals surface area (Å²) in [5, 5.41) is 2.79. The number of likely N-dealkylation sites (tertiary alicyclic amines) is 1. The topological polar surface area (TPSA) is 58.4 Å². The molecule has 1 aromatic rings. The second-order valence-corrected chi connectivity index (χ2v) is 6.70. The number of nitrogens with zero attached hydrogens (tertiary/aromatic N) is 1. The molecular formula is C15H22FN3OS. The Morgan fingerprint density at radius 2 is 2.00 bits per heavy atom. The second-order valence-electron chi connectivity index (χ2n) is 5.42. The van der Waals surface area contributed by atoms with Crippen LogP contribution >= 0.6 is 11.8 Å². The standard InChI is InChI=1S/C15H22FN3OS/c1-21-15(11-17)6-8-19(9-7-15)10-14(20)18-13-4-2-12(16)3-5-13/h2-5H,6-11,17H2,1H3,(H,18,20). The fourth-order valence-electron chi connectivity index (χ4n) is 2.55. The highest BCUT2D eigenvalue weighted by Gasteiger charge is 2.32. The predicted molar refractivity (Wildman–Crippen MR) is 86.0 cm³/mol. The van der Waals surface area contributed by atoms with Crippen molar-refractivity contribution in [1.29, 1.82) is 0 Å². The summed E-state index contributed by atoms with van der Waals surface area (Å²) in [6.07, 6.45) is 4.12. The minimum absolute atomic E-state index is 0.0639. The molecule has 0 radical (unpaired) electrons. The Labute approximate surface area is 129 Å². The molecule has 1 aliphatic heterocycles. The van der Waals surface area contributed by atoms with Crippen molar-refractivity contribution < 1.29 is 9.18 Å². The van der Waals surface area contributed by atoms with E-state index in [4.69, 9.17) is 5.73 Å². The van der Waals surface area contributed by atoms with Crippen LogP contribution in [0.15, 0.2) is 24.3 Å². The molecule has 0 saturated carbocycles. The first kappa shape index (κ1) is 16.3.